The monoisotopic (exact) mass is 475 g/mol. The van der Waals surface area contributed by atoms with Crippen LogP contribution in [0.5, 0.6) is 0 Å². The predicted octanol–water partition coefficient (Wildman–Crippen LogP) is 3.38. The zero-order valence-electron chi connectivity index (χ0n) is 16.6. The van der Waals surface area contributed by atoms with Gasteiger partial charge >= 0.3 is 8.56 Å². The third kappa shape index (κ3) is 15.0. The van der Waals surface area contributed by atoms with E-state index in [4.69, 9.17) is 12.7 Å². The van der Waals surface area contributed by atoms with E-state index in [0.717, 1.165) is 0 Å². The van der Waals surface area contributed by atoms with Gasteiger partial charge in [-0.25, -0.2) is 0 Å². The summed E-state index contributed by atoms with van der Waals surface area (Å²) in [4.78, 5) is 21.6. The number of Topliss-reactive ketones (excluding diaryl/α,β-unsaturated/α-hetero) is 2. The van der Waals surface area contributed by atoms with E-state index in [1.165, 1.54) is 6.92 Å². The van der Waals surface area contributed by atoms with E-state index in [9.17, 15) is 9.59 Å². The first kappa shape index (κ1) is 29.9. The molecule has 1 rings (SSSR count). The van der Waals surface area contributed by atoms with Gasteiger partial charge in [-0.2, -0.15) is 0 Å². The third-order valence-electron chi connectivity index (χ3n) is 2.70. The van der Waals surface area contributed by atoms with E-state index in [1.807, 2.05) is 13.1 Å². The Kier molecular flexibility index (Phi) is 18.3. The second-order valence-corrected chi connectivity index (χ2v) is 13.6. The fourth-order valence-electron chi connectivity index (χ4n) is 1.60. The average molecular weight is 476 g/mol. The Morgan fingerprint density at radius 3 is 1.96 bits per heavy atom. The molecule has 0 heterocycles. The molecule has 0 saturated heterocycles. The Morgan fingerprint density at radius 1 is 1.12 bits per heavy atom. The van der Waals surface area contributed by atoms with Crippen molar-refractivity contribution >= 4 is 38.5 Å². The number of carbonyl (C=O) groups is 2. The number of hydrogen-bond acceptors (Lipinski definition) is 5. The van der Waals surface area contributed by atoms with Crippen molar-refractivity contribution in [2.75, 3.05) is 7.11 Å². The molecule has 0 aliphatic heterocycles. The fourth-order valence-corrected chi connectivity index (χ4v) is 8.46. The maximum absolute atomic E-state index is 11.0. The van der Waals surface area contributed by atoms with Crippen molar-refractivity contribution in [2.24, 2.45) is 0 Å². The van der Waals surface area contributed by atoms with Crippen LogP contribution in [-0.4, -0.2) is 45.6 Å². The summed E-state index contributed by atoms with van der Waals surface area (Å²) in [6.07, 6.45) is 0. The minimum Gasteiger partial charge on any atom is -0.439 e. The number of ketones is 2. The van der Waals surface area contributed by atoms with Crippen molar-refractivity contribution < 1.29 is 55.0 Å². The van der Waals surface area contributed by atoms with Crippen LogP contribution in [-0.2, 0) is 50.2 Å². The molecule has 1 aromatic rings. The van der Waals surface area contributed by atoms with Gasteiger partial charge in [0.25, 0.3) is 9.28 Å². The molecule has 0 aliphatic carbocycles. The zero-order valence-corrected chi connectivity index (χ0v) is 22.6. The fraction of sp³-hybridized carbons (Fsp3) is 0.438. The van der Waals surface area contributed by atoms with Gasteiger partial charge in [-0.15, -0.1) is 0 Å². The first-order chi connectivity index (χ1) is 10.6. The Labute approximate surface area is 182 Å². The van der Waals surface area contributed by atoms with Crippen LogP contribution in [0.2, 0.25) is 32.7 Å². The summed E-state index contributed by atoms with van der Waals surface area (Å²) in [6, 6.07) is 8.52. The molecule has 0 spiro atoms. The normalized spacial score (nSPS) is 11.4. The zero-order chi connectivity index (χ0) is 18.0. The van der Waals surface area contributed by atoms with Gasteiger partial charge in [0.15, 0.2) is 14.8 Å². The van der Waals surface area contributed by atoms with Gasteiger partial charge in [0.05, 0.1) is 0 Å². The van der Waals surface area contributed by atoms with Gasteiger partial charge < -0.3 is 20.1 Å². The molecular weight excluding hydrogens is 445 g/mol. The van der Waals surface area contributed by atoms with Gasteiger partial charge in [0, 0.05) is 52.3 Å². The largest absolute Gasteiger partial charge is 0.439 e. The van der Waals surface area contributed by atoms with Crippen molar-refractivity contribution in [3.8, 4) is 0 Å². The van der Waals surface area contributed by atoms with Crippen LogP contribution in [0.15, 0.2) is 30.3 Å². The number of rotatable bonds is 7. The van der Waals surface area contributed by atoms with E-state index in [-0.39, 0.29) is 40.1 Å². The topological polar surface area (TPSA) is 61.8 Å². The number of hydrogen-bond donors (Lipinski definition) is 0. The van der Waals surface area contributed by atoms with Crippen LogP contribution in [0.4, 0.5) is 0 Å². The SMILES string of the molecule is CC(=O)C(=O)c1ccccc1.CO[Si](C)(C)O[SiH](C)O[Si](C)C.[CH3-].[Y]. The van der Waals surface area contributed by atoms with Crippen LogP contribution in [0.3, 0.4) is 0 Å². The number of carbonyl (C=O) groups excluding carboxylic acids is 2. The summed E-state index contributed by atoms with van der Waals surface area (Å²) in [7, 11) is -2.18. The maximum atomic E-state index is 11.0. The molecule has 25 heavy (non-hydrogen) atoms. The Balaban J connectivity index is -0.000000359. The molecule has 0 aromatic heterocycles. The quantitative estimate of drug-likeness (QED) is 0.262. The van der Waals surface area contributed by atoms with Gasteiger partial charge in [0.2, 0.25) is 5.78 Å². The Bertz CT molecular complexity index is 498. The van der Waals surface area contributed by atoms with Crippen LogP contribution >= 0.6 is 0 Å². The summed E-state index contributed by atoms with van der Waals surface area (Å²) in [5.41, 5.74) is 0.458. The third-order valence-corrected chi connectivity index (χ3v) is 10.5. The van der Waals surface area contributed by atoms with Crippen LogP contribution in [0, 0.1) is 7.43 Å². The molecule has 140 valence electrons. The van der Waals surface area contributed by atoms with Gasteiger partial charge in [0.1, 0.15) is 0 Å². The minimum atomic E-state index is -1.85. The molecule has 0 bridgehead atoms. The Morgan fingerprint density at radius 2 is 1.60 bits per heavy atom. The second-order valence-electron chi connectivity index (χ2n) is 5.57. The molecule has 1 unspecified atom stereocenters. The van der Waals surface area contributed by atoms with E-state index in [1.54, 1.807) is 37.4 Å². The first-order valence-corrected chi connectivity index (χ1v) is 14.7. The van der Waals surface area contributed by atoms with Crippen molar-refractivity contribution in [1.29, 1.82) is 0 Å². The van der Waals surface area contributed by atoms with Crippen molar-refractivity contribution in [1.82, 2.24) is 0 Å². The molecule has 0 saturated carbocycles. The molecule has 1 aromatic carbocycles. The van der Waals surface area contributed by atoms with Crippen molar-refractivity contribution in [2.45, 2.75) is 39.7 Å². The molecule has 0 amide bonds. The van der Waals surface area contributed by atoms with Crippen LogP contribution in [0.25, 0.3) is 0 Å². The summed E-state index contributed by atoms with van der Waals surface area (Å²) in [5.74, 6) is -0.846. The van der Waals surface area contributed by atoms with Gasteiger partial charge in [-0.05, 0) is 32.7 Å². The molecule has 0 fully saturated rings. The van der Waals surface area contributed by atoms with Crippen LogP contribution in [0.1, 0.15) is 17.3 Å². The predicted molar refractivity (Wildman–Crippen MR) is 105 cm³/mol. The Hall–Kier alpha value is 0.195. The molecular formula is C16H30O5Si3Y-. The van der Waals surface area contributed by atoms with Crippen molar-refractivity contribution in [3.05, 3.63) is 43.3 Å². The molecule has 0 N–H and O–H groups in total. The summed E-state index contributed by atoms with van der Waals surface area (Å²) < 4.78 is 16.7. The van der Waals surface area contributed by atoms with E-state index in [2.05, 4.69) is 19.6 Å². The first-order valence-electron chi connectivity index (χ1n) is 7.39. The molecule has 5 nitrogen and oxygen atoms in total. The average Bonchev–Trinajstić information content (AvgIpc) is 2.46. The van der Waals surface area contributed by atoms with Crippen molar-refractivity contribution in [3.63, 3.8) is 0 Å². The van der Waals surface area contributed by atoms with E-state index in [0.29, 0.717) is 5.56 Å². The van der Waals surface area contributed by atoms with Gasteiger partial charge in [-0.3, -0.25) is 9.59 Å². The second kappa shape index (κ2) is 15.3. The van der Waals surface area contributed by atoms with E-state index < -0.39 is 38.5 Å². The smallest absolute Gasteiger partial charge is 0.322 e. The van der Waals surface area contributed by atoms with Crippen LogP contribution < -0.4 is 0 Å². The maximum Gasteiger partial charge on any atom is 0.322 e. The standard InChI is InChI=1S/C9H8O2.C6H19O3Si3.CH3.Y/c1-7(10)9(11)8-5-3-2-4-6-8;1-7-12(5,6)9-11(4)8-10(2)3;;/h2-6H,1H3;11H,1-6H3;1H3;/q;;-1;. The molecule has 1 atom stereocenters. The molecule has 2 radical (unpaired) electrons. The minimum absolute atomic E-state index is 0. The summed E-state index contributed by atoms with van der Waals surface area (Å²) in [6.45, 7) is 11.7. The summed E-state index contributed by atoms with van der Waals surface area (Å²) in [5, 5.41) is 0. The number of benzene rings is 1. The summed E-state index contributed by atoms with van der Waals surface area (Å²) >= 11 is 0. The van der Waals surface area contributed by atoms with Gasteiger partial charge in [-0.1, -0.05) is 30.3 Å². The molecule has 9 heteroatoms. The molecule has 0 aliphatic rings. The van der Waals surface area contributed by atoms with E-state index >= 15 is 0 Å².